The van der Waals surface area contributed by atoms with Crippen LogP contribution in [0.3, 0.4) is 0 Å². The first-order chi connectivity index (χ1) is 8.51. The fourth-order valence-electron chi connectivity index (χ4n) is 2.52. The van der Waals surface area contributed by atoms with Crippen LogP contribution >= 0.6 is 0 Å². The van der Waals surface area contributed by atoms with Gasteiger partial charge in [-0.2, -0.15) is 0 Å². The first kappa shape index (κ1) is 16.1. The van der Waals surface area contributed by atoms with Crippen LogP contribution in [-0.2, 0) is 15.5 Å². The zero-order valence-corrected chi connectivity index (χ0v) is 13.1. The average molecular weight is 275 g/mol. The minimum atomic E-state index is -0.729. The Bertz CT molecular complexity index is 263. The van der Waals surface area contributed by atoms with E-state index in [0.29, 0.717) is 11.0 Å². The molecule has 1 N–H and O–H groups in total. The maximum atomic E-state index is 12.5. The van der Waals surface area contributed by atoms with Crippen LogP contribution in [0.1, 0.15) is 52.9 Å². The zero-order chi connectivity index (χ0) is 13.6. The molecule has 0 heterocycles. The van der Waals surface area contributed by atoms with Crippen molar-refractivity contribution in [2.24, 2.45) is 0 Å². The lowest BCUT2D eigenvalue weighted by molar-refractivity contribution is -0.00337. The summed E-state index contributed by atoms with van der Waals surface area (Å²) in [5.74, 6) is 0.708. The summed E-state index contributed by atoms with van der Waals surface area (Å²) >= 11 is 0. The molecule has 0 spiro atoms. The smallest absolute Gasteiger partial charge is 0.0784 e. The fourth-order valence-corrected chi connectivity index (χ4v) is 4.50. The highest BCUT2D eigenvalue weighted by molar-refractivity contribution is 7.85. The van der Waals surface area contributed by atoms with Crippen LogP contribution < -0.4 is 5.32 Å². The molecule has 108 valence electrons. The van der Waals surface area contributed by atoms with Gasteiger partial charge in [-0.05, 0) is 33.2 Å². The van der Waals surface area contributed by atoms with Crippen LogP contribution in [0.5, 0.6) is 0 Å². The van der Waals surface area contributed by atoms with Gasteiger partial charge in [0.1, 0.15) is 0 Å². The summed E-state index contributed by atoms with van der Waals surface area (Å²) in [5.41, 5.74) is -0.264. The van der Waals surface area contributed by atoms with Crippen LogP contribution in [0.4, 0.5) is 0 Å². The van der Waals surface area contributed by atoms with Crippen LogP contribution in [0.2, 0.25) is 0 Å². The van der Waals surface area contributed by atoms with Gasteiger partial charge < -0.3 is 10.1 Å². The third-order valence-corrected chi connectivity index (χ3v) is 5.95. The first-order valence-electron chi connectivity index (χ1n) is 7.17. The van der Waals surface area contributed by atoms with Gasteiger partial charge >= 0.3 is 0 Å². The van der Waals surface area contributed by atoms with Gasteiger partial charge in [-0.1, -0.05) is 26.2 Å². The van der Waals surface area contributed by atoms with Crippen LogP contribution in [0, 0.1) is 0 Å². The molecule has 0 aromatic heterocycles. The Morgan fingerprint density at radius 2 is 1.94 bits per heavy atom. The summed E-state index contributed by atoms with van der Waals surface area (Å²) in [6.45, 7) is 7.11. The molecule has 0 aromatic carbocycles. The fraction of sp³-hybridized carbons (Fsp3) is 1.00. The number of likely N-dealkylation sites (N-methyl/N-ethyl adjacent to an activating group) is 1. The van der Waals surface area contributed by atoms with Crippen molar-refractivity contribution < 1.29 is 8.95 Å². The Balaban J connectivity index is 2.56. The molecule has 1 aliphatic carbocycles. The van der Waals surface area contributed by atoms with Gasteiger partial charge in [0.25, 0.3) is 0 Å². The van der Waals surface area contributed by atoms with Crippen molar-refractivity contribution in [2.45, 2.75) is 69.8 Å². The molecule has 18 heavy (non-hydrogen) atoms. The van der Waals surface area contributed by atoms with E-state index in [1.807, 2.05) is 0 Å². The standard InChI is InChI=1S/C14H29NO2S/c1-5-15-13(14(2,3)17-4)11-18(16)12-9-7-6-8-10-12/h12-13,15H,5-11H2,1-4H3. The maximum Gasteiger partial charge on any atom is 0.0784 e. The summed E-state index contributed by atoms with van der Waals surface area (Å²) < 4.78 is 18.0. The first-order valence-corrected chi connectivity index (χ1v) is 8.55. The second-order valence-corrected chi connectivity index (χ2v) is 7.49. The number of nitrogens with one attached hydrogen (secondary N) is 1. The summed E-state index contributed by atoms with van der Waals surface area (Å²) in [6, 6.07) is 0.162. The maximum absolute atomic E-state index is 12.5. The van der Waals surface area contributed by atoms with Gasteiger partial charge in [0.15, 0.2) is 0 Å². The van der Waals surface area contributed by atoms with Crippen molar-refractivity contribution in [1.82, 2.24) is 5.32 Å². The molecule has 4 heteroatoms. The Labute approximate surface area is 115 Å². The van der Waals surface area contributed by atoms with Crippen molar-refractivity contribution in [3.8, 4) is 0 Å². The van der Waals surface area contributed by atoms with Gasteiger partial charge in [-0.3, -0.25) is 4.21 Å². The molecule has 0 bridgehead atoms. The molecule has 1 saturated carbocycles. The van der Waals surface area contributed by atoms with E-state index in [9.17, 15) is 4.21 Å². The molecule has 1 aliphatic rings. The second-order valence-electron chi connectivity index (χ2n) is 5.73. The highest BCUT2D eigenvalue weighted by Gasteiger charge is 2.32. The number of hydrogen-bond acceptors (Lipinski definition) is 3. The van der Waals surface area contributed by atoms with Gasteiger partial charge in [0.2, 0.25) is 0 Å². The largest absolute Gasteiger partial charge is 0.377 e. The SMILES string of the molecule is CCNC(CS(=O)C1CCCCC1)C(C)(C)OC. The lowest BCUT2D eigenvalue weighted by atomic mass is 10.00. The second kappa shape index (κ2) is 7.61. The molecule has 1 fully saturated rings. The highest BCUT2D eigenvalue weighted by Crippen LogP contribution is 2.24. The molecule has 2 atom stereocenters. The molecular weight excluding hydrogens is 246 g/mol. The average Bonchev–Trinajstić information content (AvgIpc) is 2.39. The molecule has 1 rings (SSSR count). The highest BCUT2D eigenvalue weighted by atomic mass is 32.2. The number of ether oxygens (including phenoxy) is 1. The van der Waals surface area contributed by atoms with Gasteiger partial charge in [0, 0.05) is 35.0 Å². The van der Waals surface area contributed by atoms with Gasteiger partial charge in [-0.15, -0.1) is 0 Å². The molecule has 0 amide bonds. The molecule has 0 radical (unpaired) electrons. The Morgan fingerprint density at radius 3 is 2.44 bits per heavy atom. The van der Waals surface area contributed by atoms with E-state index in [0.717, 1.165) is 19.4 Å². The van der Waals surface area contributed by atoms with E-state index in [1.54, 1.807) is 7.11 Å². The predicted octanol–water partition coefficient (Wildman–Crippen LogP) is 2.47. The normalized spacial score (nSPS) is 21.8. The quantitative estimate of drug-likeness (QED) is 0.776. The summed E-state index contributed by atoms with van der Waals surface area (Å²) in [4.78, 5) is 0. The Kier molecular flexibility index (Phi) is 6.82. The van der Waals surface area contributed by atoms with Crippen LogP contribution in [0.15, 0.2) is 0 Å². The third-order valence-electron chi connectivity index (χ3n) is 4.07. The molecule has 0 aliphatic heterocycles. The molecule has 0 saturated heterocycles. The van der Waals surface area contributed by atoms with E-state index >= 15 is 0 Å². The van der Waals surface area contributed by atoms with E-state index in [4.69, 9.17) is 4.74 Å². The van der Waals surface area contributed by atoms with E-state index in [2.05, 4.69) is 26.1 Å². The van der Waals surface area contributed by atoms with E-state index in [-0.39, 0.29) is 11.6 Å². The Hall–Kier alpha value is 0.0700. The number of methoxy groups -OCH3 is 1. The third kappa shape index (κ3) is 4.63. The summed E-state index contributed by atoms with van der Waals surface area (Å²) in [7, 11) is 1.00. The lowest BCUT2D eigenvalue weighted by Crippen LogP contribution is -2.52. The number of rotatable bonds is 7. The number of hydrogen-bond donors (Lipinski definition) is 1. The summed E-state index contributed by atoms with van der Waals surface area (Å²) in [6.07, 6.45) is 6.08. The van der Waals surface area contributed by atoms with Crippen molar-refractivity contribution in [1.29, 1.82) is 0 Å². The lowest BCUT2D eigenvalue weighted by Gasteiger charge is -2.34. The van der Waals surface area contributed by atoms with Crippen LogP contribution in [-0.4, -0.2) is 40.5 Å². The molecule has 2 unspecified atom stereocenters. The zero-order valence-electron chi connectivity index (χ0n) is 12.3. The van der Waals surface area contributed by atoms with Crippen molar-refractivity contribution in [3.63, 3.8) is 0 Å². The minimum Gasteiger partial charge on any atom is -0.377 e. The van der Waals surface area contributed by atoms with E-state index < -0.39 is 10.8 Å². The van der Waals surface area contributed by atoms with Gasteiger partial charge in [-0.25, -0.2) is 0 Å². The monoisotopic (exact) mass is 275 g/mol. The summed E-state index contributed by atoms with van der Waals surface area (Å²) in [5, 5.41) is 3.84. The van der Waals surface area contributed by atoms with Crippen molar-refractivity contribution >= 4 is 10.8 Å². The minimum absolute atomic E-state index is 0.162. The predicted molar refractivity (Wildman–Crippen MR) is 78.4 cm³/mol. The van der Waals surface area contributed by atoms with Crippen molar-refractivity contribution in [3.05, 3.63) is 0 Å². The van der Waals surface area contributed by atoms with Crippen molar-refractivity contribution in [2.75, 3.05) is 19.4 Å². The Morgan fingerprint density at radius 1 is 1.33 bits per heavy atom. The topological polar surface area (TPSA) is 38.3 Å². The van der Waals surface area contributed by atoms with Gasteiger partial charge in [0.05, 0.1) is 5.60 Å². The van der Waals surface area contributed by atoms with E-state index in [1.165, 1.54) is 19.3 Å². The van der Waals surface area contributed by atoms with Crippen LogP contribution in [0.25, 0.3) is 0 Å². The molecule has 0 aromatic rings. The molecular formula is C14H29NO2S. The molecule has 3 nitrogen and oxygen atoms in total.